The first-order chi connectivity index (χ1) is 9.51. The number of aromatic hydroxyl groups is 1. The highest BCUT2D eigenvalue weighted by Gasteiger charge is 2.22. The van der Waals surface area contributed by atoms with Crippen molar-refractivity contribution in [2.45, 2.75) is 51.8 Å². The molecule has 0 radical (unpaired) electrons. The second kappa shape index (κ2) is 7.64. The van der Waals surface area contributed by atoms with Gasteiger partial charge < -0.3 is 15.5 Å². The fraction of sp³-hybridized carbons (Fsp3) is 0.533. The lowest BCUT2D eigenvalue weighted by Gasteiger charge is -2.24. The van der Waals surface area contributed by atoms with Gasteiger partial charge in [-0.15, -0.1) is 12.4 Å². The summed E-state index contributed by atoms with van der Waals surface area (Å²) in [6, 6.07) is 3.69. The molecule has 0 saturated carbocycles. The van der Waals surface area contributed by atoms with Crippen LogP contribution in [-0.4, -0.2) is 28.4 Å². The maximum absolute atomic E-state index is 11.4. The normalized spacial score (nSPS) is 16.4. The molecule has 2 atom stereocenters. The molecule has 0 bridgehead atoms. The summed E-state index contributed by atoms with van der Waals surface area (Å²) in [6.45, 7) is 3.77. The summed E-state index contributed by atoms with van der Waals surface area (Å²) in [5.41, 5.74) is 2.67. The van der Waals surface area contributed by atoms with Gasteiger partial charge in [0, 0.05) is 12.5 Å². The highest BCUT2D eigenvalue weighted by Crippen LogP contribution is 2.34. The SMILES string of the molecule is CCC(Cc1ccc(O)c2c1CCC(=O)N2)NC(C)O.Cl. The first-order valence-electron chi connectivity index (χ1n) is 7.09. The lowest BCUT2D eigenvalue weighted by atomic mass is 9.92. The van der Waals surface area contributed by atoms with Crippen LogP contribution in [0.2, 0.25) is 0 Å². The summed E-state index contributed by atoms with van der Waals surface area (Å²) in [6.07, 6.45) is 2.21. The van der Waals surface area contributed by atoms with Gasteiger partial charge in [-0.25, -0.2) is 0 Å². The van der Waals surface area contributed by atoms with Crippen LogP contribution in [0.3, 0.4) is 0 Å². The van der Waals surface area contributed by atoms with Crippen LogP contribution in [0.15, 0.2) is 12.1 Å². The number of aliphatic hydroxyl groups excluding tert-OH is 1. The summed E-state index contributed by atoms with van der Waals surface area (Å²) >= 11 is 0. The van der Waals surface area contributed by atoms with Gasteiger partial charge >= 0.3 is 0 Å². The van der Waals surface area contributed by atoms with Crippen molar-refractivity contribution in [3.63, 3.8) is 0 Å². The molecule has 1 aromatic carbocycles. The molecule has 0 spiro atoms. The second-order valence-electron chi connectivity index (χ2n) is 5.30. The lowest BCUT2D eigenvalue weighted by molar-refractivity contribution is -0.116. The minimum absolute atomic E-state index is 0. The standard InChI is InChI=1S/C15H22N2O3.ClH/c1-3-11(16-9(2)18)8-10-4-6-13(19)15-12(10)5-7-14(20)17-15;/h4,6,9,11,16,18-19H,3,5,7-8H2,1-2H3,(H,17,20);1H. The number of anilines is 1. The number of halogens is 1. The molecular weight excluding hydrogens is 292 g/mol. The molecular formula is C15H23ClN2O3. The first-order valence-corrected chi connectivity index (χ1v) is 7.09. The van der Waals surface area contributed by atoms with Crippen molar-refractivity contribution in [3.05, 3.63) is 23.3 Å². The summed E-state index contributed by atoms with van der Waals surface area (Å²) in [5, 5.41) is 25.2. The van der Waals surface area contributed by atoms with Crippen molar-refractivity contribution < 1.29 is 15.0 Å². The number of phenolic OH excluding ortho intramolecular Hbond substituents is 1. The van der Waals surface area contributed by atoms with Crippen LogP contribution in [0, 0.1) is 0 Å². The van der Waals surface area contributed by atoms with Crippen LogP contribution in [0.5, 0.6) is 5.75 Å². The third-order valence-corrected chi connectivity index (χ3v) is 3.69. The van der Waals surface area contributed by atoms with Crippen molar-refractivity contribution in [3.8, 4) is 5.75 Å². The molecule has 1 aliphatic heterocycles. The number of benzene rings is 1. The number of carbonyl (C=O) groups excluding carboxylic acids is 1. The average molecular weight is 315 g/mol. The van der Waals surface area contributed by atoms with E-state index in [4.69, 9.17) is 0 Å². The third-order valence-electron chi connectivity index (χ3n) is 3.69. The maximum atomic E-state index is 11.4. The van der Waals surface area contributed by atoms with Gasteiger partial charge in [0.2, 0.25) is 5.91 Å². The molecule has 0 saturated heterocycles. The number of hydrogen-bond donors (Lipinski definition) is 4. The zero-order valence-electron chi connectivity index (χ0n) is 12.3. The smallest absolute Gasteiger partial charge is 0.224 e. The van der Waals surface area contributed by atoms with Gasteiger partial charge in [-0.3, -0.25) is 10.1 Å². The summed E-state index contributed by atoms with van der Waals surface area (Å²) in [5.74, 6) is 0.0624. The zero-order valence-corrected chi connectivity index (χ0v) is 13.2. The summed E-state index contributed by atoms with van der Waals surface area (Å²) in [4.78, 5) is 11.4. The molecule has 118 valence electrons. The topological polar surface area (TPSA) is 81.6 Å². The molecule has 0 fully saturated rings. The van der Waals surface area contributed by atoms with E-state index in [1.807, 2.05) is 6.07 Å². The Morgan fingerprint density at radius 3 is 2.71 bits per heavy atom. The van der Waals surface area contributed by atoms with Gasteiger partial charge in [0.15, 0.2) is 0 Å². The summed E-state index contributed by atoms with van der Waals surface area (Å²) < 4.78 is 0. The molecule has 2 rings (SSSR count). The van der Waals surface area contributed by atoms with Crippen LogP contribution in [0.1, 0.15) is 37.8 Å². The second-order valence-corrected chi connectivity index (χ2v) is 5.30. The predicted molar refractivity (Wildman–Crippen MR) is 84.9 cm³/mol. The van der Waals surface area contributed by atoms with Gasteiger partial charge in [-0.05, 0) is 43.4 Å². The Morgan fingerprint density at radius 1 is 1.38 bits per heavy atom. The largest absolute Gasteiger partial charge is 0.506 e. The van der Waals surface area contributed by atoms with Crippen molar-refractivity contribution >= 4 is 24.0 Å². The van der Waals surface area contributed by atoms with E-state index < -0.39 is 6.23 Å². The number of nitrogens with one attached hydrogen (secondary N) is 2. The van der Waals surface area contributed by atoms with Gasteiger partial charge in [-0.1, -0.05) is 13.0 Å². The number of carbonyl (C=O) groups is 1. The third kappa shape index (κ3) is 4.33. The monoisotopic (exact) mass is 314 g/mol. The van der Waals surface area contributed by atoms with E-state index in [0.29, 0.717) is 18.5 Å². The quantitative estimate of drug-likeness (QED) is 0.494. The van der Waals surface area contributed by atoms with Crippen molar-refractivity contribution in [1.29, 1.82) is 0 Å². The Balaban J connectivity index is 0.00000220. The first kappa shape index (κ1) is 17.8. The minimum Gasteiger partial charge on any atom is -0.506 e. The molecule has 6 heteroatoms. The van der Waals surface area contributed by atoms with Crippen molar-refractivity contribution in [2.75, 3.05) is 5.32 Å². The van der Waals surface area contributed by atoms with E-state index in [0.717, 1.165) is 24.0 Å². The Labute approximate surface area is 131 Å². The maximum Gasteiger partial charge on any atom is 0.224 e. The highest BCUT2D eigenvalue weighted by molar-refractivity contribution is 5.96. The Kier molecular flexibility index (Phi) is 6.45. The van der Waals surface area contributed by atoms with Crippen molar-refractivity contribution in [1.82, 2.24) is 5.32 Å². The summed E-state index contributed by atoms with van der Waals surface area (Å²) in [7, 11) is 0. The van der Waals surface area contributed by atoms with Gasteiger partial charge in [-0.2, -0.15) is 0 Å². The Morgan fingerprint density at radius 2 is 2.10 bits per heavy atom. The van der Waals surface area contributed by atoms with Crippen LogP contribution in [0.4, 0.5) is 5.69 Å². The molecule has 1 heterocycles. The molecule has 21 heavy (non-hydrogen) atoms. The van der Waals surface area contributed by atoms with Crippen LogP contribution in [-0.2, 0) is 17.6 Å². The van der Waals surface area contributed by atoms with Crippen LogP contribution >= 0.6 is 12.4 Å². The average Bonchev–Trinajstić information content (AvgIpc) is 2.40. The lowest BCUT2D eigenvalue weighted by Crippen LogP contribution is -2.37. The molecule has 1 aromatic rings. The van der Waals surface area contributed by atoms with Crippen molar-refractivity contribution in [2.24, 2.45) is 0 Å². The number of rotatable bonds is 5. The molecule has 2 unspecified atom stereocenters. The molecule has 0 aromatic heterocycles. The Bertz CT molecular complexity index is 506. The van der Waals surface area contributed by atoms with Crippen LogP contribution in [0.25, 0.3) is 0 Å². The molecule has 0 aliphatic carbocycles. The van der Waals surface area contributed by atoms with E-state index >= 15 is 0 Å². The number of amides is 1. The molecule has 4 N–H and O–H groups in total. The molecule has 5 nitrogen and oxygen atoms in total. The zero-order chi connectivity index (χ0) is 14.7. The molecule has 1 amide bonds. The van der Waals surface area contributed by atoms with E-state index in [9.17, 15) is 15.0 Å². The van der Waals surface area contributed by atoms with Gasteiger partial charge in [0.25, 0.3) is 0 Å². The molecule has 1 aliphatic rings. The number of hydrogen-bond acceptors (Lipinski definition) is 4. The van der Waals surface area contributed by atoms with Gasteiger partial charge in [0.05, 0.1) is 5.69 Å². The van der Waals surface area contributed by atoms with E-state index in [-0.39, 0.29) is 30.1 Å². The predicted octanol–water partition coefficient (Wildman–Crippen LogP) is 1.95. The number of phenols is 1. The highest BCUT2D eigenvalue weighted by atomic mass is 35.5. The van der Waals surface area contributed by atoms with E-state index in [1.165, 1.54) is 0 Å². The fourth-order valence-electron chi connectivity index (χ4n) is 2.66. The van der Waals surface area contributed by atoms with Gasteiger partial charge in [0.1, 0.15) is 12.0 Å². The van der Waals surface area contributed by atoms with E-state index in [2.05, 4.69) is 17.6 Å². The van der Waals surface area contributed by atoms with Crippen LogP contribution < -0.4 is 10.6 Å². The minimum atomic E-state index is -0.549. The Hall–Kier alpha value is -1.30. The number of fused-ring (bicyclic) bond motifs is 1. The fourth-order valence-corrected chi connectivity index (χ4v) is 2.66. The van der Waals surface area contributed by atoms with E-state index in [1.54, 1.807) is 13.0 Å². The number of aliphatic hydroxyl groups is 1.